The maximum atomic E-state index is 5.59. The number of nitrogens with two attached hydrogens (primary N) is 1. The molecular formula is C10H20N2O. The maximum absolute atomic E-state index is 5.59. The Morgan fingerprint density at radius 2 is 1.92 bits per heavy atom. The van der Waals surface area contributed by atoms with Gasteiger partial charge in [-0.2, -0.15) is 0 Å². The monoisotopic (exact) mass is 184 g/mol. The Bertz CT molecular complexity index is 153. The highest BCUT2D eigenvalue weighted by atomic mass is 16.5. The van der Waals surface area contributed by atoms with Crippen LogP contribution in [0.15, 0.2) is 0 Å². The van der Waals surface area contributed by atoms with Gasteiger partial charge in [-0.15, -0.1) is 0 Å². The van der Waals surface area contributed by atoms with E-state index < -0.39 is 0 Å². The topological polar surface area (TPSA) is 47.3 Å². The minimum Gasteiger partial charge on any atom is -0.381 e. The van der Waals surface area contributed by atoms with Crippen molar-refractivity contribution >= 4 is 0 Å². The van der Waals surface area contributed by atoms with E-state index in [1.165, 1.54) is 32.1 Å². The molecule has 1 saturated heterocycles. The molecule has 1 saturated carbocycles. The molecule has 0 amide bonds. The Morgan fingerprint density at radius 3 is 2.46 bits per heavy atom. The zero-order valence-electron chi connectivity index (χ0n) is 8.17. The molecule has 1 aliphatic carbocycles. The van der Waals surface area contributed by atoms with E-state index in [1.807, 2.05) is 0 Å². The number of ether oxygens (including phenoxy) is 1. The van der Waals surface area contributed by atoms with Crippen molar-refractivity contribution in [2.24, 2.45) is 17.7 Å². The van der Waals surface area contributed by atoms with Crippen molar-refractivity contribution in [3.63, 3.8) is 0 Å². The normalized spacial score (nSPS) is 27.5. The smallest absolute Gasteiger partial charge is 0.0469 e. The van der Waals surface area contributed by atoms with Crippen molar-refractivity contribution in [3.8, 4) is 0 Å². The number of hydrogen-bond donors (Lipinski definition) is 2. The summed E-state index contributed by atoms with van der Waals surface area (Å²) in [6.07, 6.45) is 6.48. The summed E-state index contributed by atoms with van der Waals surface area (Å²) in [5.41, 5.74) is 2.99. The zero-order valence-corrected chi connectivity index (χ0v) is 8.17. The van der Waals surface area contributed by atoms with Gasteiger partial charge in [-0.3, -0.25) is 11.3 Å². The molecule has 0 aromatic carbocycles. The first-order valence-corrected chi connectivity index (χ1v) is 5.44. The summed E-state index contributed by atoms with van der Waals surface area (Å²) < 4.78 is 5.35. The average molecular weight is 184 g/mol. The highest BCUT2D eigenvalue weighted by Crippen LogP contribution is 2.36. The third-order valence-corrected chi connectivity index (χ3v) is 3.33. The zero-order chi connectivity index (χ0) is 9.10. The third kappa shape index (κ3) is 2.66. The molecule has 0 radical (unpaired) electrons. The first-order chi connectivity index (χ1) is 6.40. The van der Waals surface area contributed by atoms with E-state index in [-0.39, 0.29) is 0 Å². The van der Waals surface area contributed by atoms with Crippen LogP contribution in [0.1, 0.15) is 32.1 Å². The van der Waals surface area contributed by atoms with Crippen LogP contribution >= 0.6 is 0 Å². The Balaban J connectivity index is 1.78. The Kier molecular flexibility index (Phi) is 3.19. The van der Waals surface area contributed by atoms with E-state index in [4.69, 9.17) is 10.6 Å². The summed E-state index contributed by atoms with van der Waals surface area (Å²) in [7, 11) is 0. The van der Waals surface area contributed by atoms with Gasteiger partial charge in [0.25, 0.3) is 0 Å². The average Bonchev–Trinajstić information content (AvgIpc) is 2.99. The molecule has 0 aromatic heterocycles. The highest BCUT2D eigenvalue weighted by molar-refractivity contribution is 4.84. The number of hydrazine groups is 1. The van der Waals surface area contributed by atoms with E-state index in [0.29, 0.717) is 6.04 Å². The molecule has 3 heteroatoms. The Labute approximate surface area is 80.0 Å². The van der Waals surface area contributed by atoms with Gasteiger partial charge >= 0.3 is 0 Å². The van der Waals surface area contributed by atoms with Crippen molar-refractivity contribution in [3.05, 3.63) is 0 Å². The summed E-state index contributed by atoms with van der Waals surface area (Å²) in [5.74, 6) is 7.30. The molecule has 0 aromatic rings. The molecule has 0 bridgehead atoms. The third-order valence-electron chi connectivity index (χ3n) is 3.33. The second-order valence-corrected chi connectivity index (χ2v) is 4.40. The molecule has 1 atom stereocenters. The van der Waals surface area contributed by atoms with E-state index >= 15 is 0 Å². The lowest BCUT2D eigenvalue weighted by atomic mass is 9.89. The van der Waals surface area contributed by atoms with Crippen LogP contribution in [0.2, 0.25) is 0 Å². The second-order valence-electron chi connectivity index (χ2n) is 4.40. The van der Waals surface area contributed by atoms with Gasteiger partial charge in [0.15, 0.2) is 0 Å². The summed E-state index contributed by atoms with van der Waals surface area (Å²) in [4.78, 5) is 0. The molecular weight excluding hydrogens is 164 g/mol. The summed E-state index contributed by atoms with van der Waals surface area (Å²) in [6, 6.07) is 0.538. The number of rotatable bonds is 4. The van der Waals surface area contributed by atoms with Crippen LogP contribution in [-0.4, -0.2) is 19.3 Å². The van der Waals surface area contributed by atoms with E-state index in [9.17, 15) is 0 Å². The van der Waals surface area contributed by atoms with Crippen molar-refractivity contribution in [2.75, 3.05) is 13.2 Å². The molecule has 3 N–H and O–H groups in total. The largest absolute Gasteiger partial charge is 0.381 e. The van der Waals surface area contributed by atoms with Gasteiger partial charge in [0.2, 0.25) is 0 Å². The molecule has 2 fully saturated rings. The van der Waals surface area contributed by atoms with Gasteiger partial charge in [-0.1, -0.05) is 12.8 Å². The SMILES string of the molecule is NNC(CC1CC1)C1CCOCC1. The fraction of sp³-hybridized carbons (Fsp3) is 1.00. The molecule has 1 unspecified atom stereocenters. The van der Waals surface area contributed by atoms with Crippen molar-refractivity contribution in [2.45, 2.75) is 38.1 Å². The second kappa shape index (κ2) is 4.40. The van der Waals surface area contributed by atoms with Crippen molar-refractivity contribution in [1.82, 2.24) is 5.43 Å². The Hall–Kier alpha value is -0.120. The van der Waals surface area contributed by atoms with Crippen LogP contribution in [0.5, 0.6) is 0 Å². The van der Waals surface area contributed by atoms with E-state index in [1.54, 1.807) is 0 Å². The predicted molar refractivity (Wildman–Crippen MR) is 52.0 cm³/mol. The van der Waals surface area contributed by atoms with Crippen LogP contribution in [0.4, 0.5) is 0 Å². The molecule has 2 rings (SSSR count). The first-order valence-electron chi connectivity index (χ1n) is 5.44. The van der Waals surface area contributed by atoms with E-state index in [0.717, 1.165) is 25.0 Å². The van der Waals surface area contributed by atoms with Gasteiger partial charge in [0, 0.05) is 19.3 Å². The lowest BCUT2D eigenvalue weighted by Gasteiger charge is -2.29. The summed E-state index contributed by atoms with van der Waals surface area (Å²) >= 11 is 0. The summed E-state index contributed by atoms with van der Waals surface area (Å²) in [6.45, 7) is 1.85. The van der Waals surface area contributed by atoms with Crippen LogP contribution in [0, 0.1) is 11.8 Å². The minimum absolute atomic E-state index is 0.538. The predicted octanol–water partition coefficient (Wildman–Crippen LogP) is 1.04. The molecule has 1 heterocycles. The van der Waals surface area contributed by atoms with Crippen LogP contribution < -0.4 is 11.3 Å². The molecule has 13 heavy (non-hydrogen) atoms. The maximum Gasteiger partial charge on any atom is 0.0469 e. The van der Waals surface area contributed by atoms with Gasteiger partial charge in [-0.25, -0.2) is 0 Å². The van der Waals surface area contributed by atoms with Crippen LogP contribution in [0.25, 0.3) is 0 Å². The van der Waals surface area contributed by atoms with Crippen molar-refractivity contribution < 1.29 is 4.74 Å². The van der Waals surface area contributed by atoms with Gasteiger partial charge in [-0.05, 0) is 31.1 Å². The molecule has 2 aliphatic rings. The van der Waals surface area contributed by atoms with Crippen molar-refractivity contribution in [1.29, 1.82) is 0 Å². The molecule has 76 valence electrons. The highest BCUT2D eigenvalue weighted by Gasteiger charge is 2.30. The standard InChI is InChI=1S/C10H20N2O/c11-12-10(7-8-1-2-8)9-3-5-13-6-4-9/h8-10,12H,1-7,11H2. The first kappa shape index (κ1) is 9.44. The molecule has 1 aliphatic heterocycles. The fourth-order valence-corrected chi connectivity index (χ4v) is 2.23. The number of nitrogens with one attached hydrogen (secondary N) is 1. The number of hydrogen-bond acceptors (Lipinski definition) is 3. The lowest BCUT2D eigenvalue weighted by Crippen LogP contribution is -2.43. The Morgan fingerprint density at radius 1 is 1.23 bits per heavy atom. The van der Waals surface area contributed by atoms with Crippen LogP contribution in [0.3, 0.4) is 0 Å². The van der Waals surface area contributed by atoms with Gasteiger partial charge < -0.3 is 4.74 Å². The molecule has 0 spiro atoms. The van der Waals surface area contributed by atoms with Gasteiger partial charge in [0.1, 0.15) is 0 Å². The lowest BCUT2D eigenvalue weighted by molar-refractivity contribution is 0.0518. The quantitative estimate of drug-likeness (QED) is 0.507. The van der Waals surface area contributed by atoms with Gasteiger partial charge in [0.05, 0.1) is 0 Å². The minimum atomic E-state index is 0.538. The van der Waals surface area contributed by atoms with Crippen LogP contribution in [-0.2, 0) is 4.74 Å². The summed E-state index contributed by atoms with van der Waals surface area (Å²) in [5, 5.41) is 0. The fourth-order valence-electron chi connectivity index (χ4n) is 2.23. The molecule has 3 nitrogen and oxygen atoms in total. The van der Waals surface area contributed by atoms with E-state index in [2.05, 4.69) is 5.43 Å².